The van der Waals surface area contributed by atoms with Gasteiger partial charge in [-0.1, -0.05) is 60.2 Å². The Kier molecular flexibility index (Phi) is 6.91. The summed E-state index contributed by atoms with van der Waals surface area (Å²) in [6.07, 6.45) is 1.93. The molecule has 0 aliphatic rings. The standard InChI is InChI=1S/C23H17I2NO/c1-16-7-9-19(10-8-16)20(14-26)11-18-12-21(24)23(22(25)13-18)27-15-17-5-3-2-4-6-17/h2-13H,15H2,1H3/b20-11-. The molecule has 134 valence electrons. The van der Waals surface area contributed by atoms with E-state index in [-0.39, 0.29) is 0 Å². The SMILES string of the molecule is Cc1ccc(/C(C#N)=C\c2cc(I)c(OCc3ccccc3)c(I)c2)cc1. The molecular weight excluding hydrogens is 560 g/mol. The van der Waals surface area contributed by atoms with Crippen molar-refractivity contribution < 1.29 is 4.74 Å². The van der Waals surface area contributed by atoms with Gasteiger partial charge in [-0.05, 0) is 87.0 Å². The fraction of sp³-hybridized carbons (Fsp3) is 0.0870. The van der Waals surface area contributed by atoms with Crippen molar-refractivity contribution in [1.29, 1.82) is 5.26 Å². The number of hydrogen-bond acceptors (Lipinski definition) is 2. The predicted molar refractivity (Wildman–Crippen MR) is 127 cm³/mol. The van der Waals surface area contributed by atoms with Gasteiger partial charge in [0.15, 0.2) is 0 Å². The Balaban J connectivity index is 1.85. The van der Waals surface area contributed by atoms with Crippen LogP contribution in [0.2, 0.25) is 0 Å². The van der Waals surface area contributed by atoms with Gasteiger partial charge in [0, 0.05) is 0 Å². The molecule has 0 bridgehead atoms. The van der Waals surface area contributed by atoms with Crippen molar-refractivity contribution in [3.63, 3.8) is 0 Å². The summed E-state index contributed by atoms with van der Waals surface area (Å²) in [4.78, 5) is 0. The minimum Gasteiger partial charge on any atom is -0.487 e. The quantitative estimate of drug-likeness (QED) is 0.189. The molecule has 3 aromatic carbocycles. The Bertz CT molecular complexity index is 980. The van der Waals surface area contributed by atoms with Gasteiger partial charge < -0.3 is 4.74 Å². The van der Waals surface area contributed by atoms with Crippen molar-refractivity contribution in [2.75, 3.05) is 0 Å². The van der Waals surface area contributed by atoms with Gasteiger partial charge in [-0.15, -0.1) is 0 Å². The zero-order valence-electron chi connectivity index (χ0n) is 14.7. The van der Waals surface area contributed by atoms with E-state index in [9.17, 15) is 5.26 Å². The largest absolute Gasteiger partial charge is 0.487 e. The number of aryl methyl sites for hydroxylation is 1. The molecular formula is C23H17I2NO. The molecule has 0 atom stereocenters. The summed E-state index contributed by atoms with van der Waals surface area (Å²) in [7, 11) is 0. The van der Waals surface area contributed by atoms with Crippen molar-refractivity contribution in [3.8, 4) is 11.8 Å². The number of halogens is 2. The zero-order chi connectivity index (χ0) is 19.2. The zero-order valence-corrected chi connectivity index (χ0v) is 19.1. The van der Waals surface area contributed by atoms with Crippen LogP contribution in [-0.2, 0) is 6.61 Å². The monoisotopic (exact) mass is 577 g/mol. The van der Waals surface area contributed by atoms with E-state index < -0.39 is 0 Å². The Morgan fingerprint density at radius 2 is 1.63 bits per heavy atom. The van der Waals surface area contributed by atoms with E-state index in [0.29, 0.717) is 12.2 Å². The van der Waals surface area contributed by atoms with Crippen molar-refractivity contribution in [2.24, 2.45) is 0 Å². The van der Waals surface area contributed by atoms with Crippen LogP contribution >= 0.6 is 45.2 Å². The van der Waals surface area contributed by atoms with Crippen LogP contribution in [0.1, 0.15) is 22.3 Å². The average molecular weight is 577 g/mol. The van der Waals surface area contributed by atoms with Crippen LogP contribution in [0.25, 0.3) is 11.6 Å². The summed E-state index contributed by atoms with van der Waals surface area (Å²) in [5.41, 5.74) is 4.89. The molecule has 0 aliphatic carbocycles. The Hall–Kier alpha value is -1.85. The second kappa shape index (κ2) is 9.38. The van der Waals surface area contributed by atoms with Gasteiger partial charge >= 0.3 is 0 Å². The summed E-state index contributed by atoms with van der Waals surface area (Å²) in [5, 5.41) is 9.57. The third kappa shape index (κ3) is 5.33. The molecule has 27 heavy (non-hydrogen) atoms. The molecule has 0 saturated heterocycles. The van der Waals surface area contributed by atoms with Crippen LogP contribution in [0.3, 0.4) is 0 Å². The molecule has 0 aromatic heterocycles. The molecule has 4 heteroatoms. The van der Waals surface area contributed by atoms with Crippen LogP contribution in [0.5, 0.6) is 5.75 Å². The minimum atomic E-state index is 0.537. The maximum atomic E-state index is 9.57. The summed E-state index contributed by atoms with van der Waals surface area (Å²) in [6, 6.07) is 24.6. The number of ether oxygens (including phenoxy) is 1. The number of rotatable bonds is 5. The minimum absolute atomic E-state index is 0.537. The maximum Gasteiger partial charge on any atom is 0.146 e. The normalized spacial score (nSPS) is 11.1. The van der Waals surface area contributed by atoms with Crippen molar-refractivity contribution >= 4 is 56.8 Å². The number of allylic oxidation sites excluding steroid dienone is 1. The number of nitrogens with zero attached hydrogens (tertiary/aromatic N) is 1. The fourth-order valence-corrected chi connectivity index (χ4v) is 4.74. The first-order valence-electron chi connectivity index (χ1n) is 8.41. The Morgan fingerprint density at radius 3 is 2.22 bits per heavy atom. The van der Waals surface area contributed by atoms with Crippen LogP contribution in [-0.4, -0.2) is 0 Å². The second-order valence-corrected chi connectivity index (χ2v) is 8.45. The predicted octanol–water partition coefficient (Wildman–Crippen LogP) is 6.85. The smallest absolute Gasteiger partial charge is 0.146 e. The summed E-state index contributed by atoms with van der Waals surface area (Å²) in [6.45, 7) is 2.58. The van der Waals surface area contributed by atoms with E-state index >= 15 is 0 Å². The molecule has 3 rings (SSSR count). The van der Waals surface area contributed by atoms with Crippen molar-refractivity contribution in [2.45, 2.75) is 13.5 Å². The summed E-state index contributed by atoms with van der Waals surface area (Å²) >= 11 is 4.58. The van der Waals surface area contributed by atoms with Gasteiger partial charge in [0.25, 0.3) is 0 Å². The van der Waals surface area contributed by atoms with Crippen molar-refractivity contribution in [1.82, 2.24) is 0 Å². The van der Waals surface area contributed by atoms with Crippen LogP contribution in [0.15, 0.2) is 66.7 Å². The molecule has 3 aromatic rings. The molecule has 0 fully saturated rings. The van der Waals surface area contributed by atoms with Crippen LogP contribution < -0.4 is 4.74 Å². The lowest BCUT2D eigenvalue weighted by Crippen LogP contribution is -1.99. The number of nitriles is 1. The van der Waals surface area contributed by atoms with E-state index in [1.54, 1.807) is 0 Å². The highest BCUT2D eigenvalue weighted by Gasteiger charge is 2.10. The molecule has 0 heterocycles. The Morgan fingerprint density at radius 1 is 1.00 bits per heavy atom. The maximum absolute atomic E-state index is 9.57. The topological polar surface area (TPSA) is 33.0 Å². The van der Waals surface area contributed by atoms with Gasteiger partial charge in [-0.3, -0.25) is 0 Å². The van der Waals surface area contributed by atoms with Crippen molar-refractivity contribution in [3.05, 3.63) is 96.1 Å². The lowest BCUT2D eigenvalue weighted by molar-refractivity contribution is 0.302. The van der Waals surface area contributed by atoms with Gasteiger partial charge in [0.05, 0.1) is 18.8 Å². The van der Waals surface area contributed by atoms with Gasteiger partial charge in [0.1, 0.15) is 12.4 Å². The summed E-state index contributed by atoms with van der Waals surface area (Å²) in [5.74, 6) is 0.881. The van der Waals surface area contributed by atoms with E-state index in [2.05, 4.69) is 75.5 Å². The third-order valence-corrected chi connectivity index (χ3v) is 5.64. The molecule has 0 radical (unpaired) electrons. The van der Waals surface area contributed by atoms with Gasteiger partial charge in [-0.25, -0.2) is 0 Å². The molecule has 0 unspecified atom stereocenters. The first-order valence-corrected chi connectivity index (χ1v) is 10.6. The number of hydrogen-bond donors (Lipinski definition) is 0. The molecule has 0 spiro atoms. The van der Waals surface area contributed by atoms with E-state index in [1.165, 1.54) is 5.56 Å². The first-order chi connectivity index (χ1) is 13.1. The molecule has 0 saturated carbocycles. The fourth-order valence-electron chi connectivity index (χ4n) is 2.61. The van der Waals surface area contributed by atoms with E-state index in [1.807, 2.05) is 55.5 Å². The highest BCUT2D eigenvalue weighted by atomic mass is 127. The second-order valence-electron chi connectivity index (χ2n) is 6.12. The summed E-state index contributed by atoms with van der Waals surface area (Å²) < 4.78 is 8.10. The molecule has 0 aliphatic heterocycles. The molecule has 0 N–H and O–H groups in total. The van der Waals surface area contributed by atoms with E-state index in [4.69, 9.17) is 4.74 Å². The number of benzene rings is 3. The van der Waals surface area contributed by atoms with Crippen LogP contribution in [0.4, 0.5) is 0 Å². The van der Waals surface area contributed by atoms with Crippen LogP contribution in [0, 0.1) is 25.4 Å². The third-order valence-electron chi connectivity index (χ3n) is 4.04. The molecule has 0 amide bonds. The lowest BCUT2D eigenvalue weighted by Gasteiger charge is -2.12. The van der Waals surface area contributed by atoms with E-state index in [0.717, 1.165) is 29.6 Å². The Labute approximate surface area is 187 Å². The first kappa shape index (κ1) is 19.9. The lowest BCUT2D eigenvalue weighted by atomic mass is 10.0. The highest BCUT2D eigenvalue weighted by Crippen LogP contribution is 2.31. The molecule has 2 nitrogen and oxygen atoms in total. The van der Waals surface area contributed by atoms with Gasteiger partial charge in [-0.2, -0.15) is 5.26 Å². The van der Waals surface area contributed by atoms with Gasteiger partial charge in [0.2, 0.25) is 0 Å². The highest BCUT2D eigenvalue weighted by molar-refractivity contribution is 14.1. The average Bonchev–Trinajstić information content (AvgIpc) is 2.67.